The largest absolute Gasteiger partial charge is 0.296 e. The molecule has 0 radical (unpaired) electrons. The van der Waals surface area contributed by atoms with Gasteiger partial charge in [0.1, 0.15) is 16.1 Å². The molecule has 0 spiro atoms. The Kier molecular flexibility index (Phi) is 6.41. The quantitative estimate of drug-likeness (QED) is 0.333. The molecule has 1 fully saturated rings. The molecule has 4 aliphatic rings. The summed E-state index contributed by atoms with van der Waals surface area (Å²) in [5.41, 5.74) is 7.39. The maximum atomic E-state index is 14.4. The summed E-state index contributed by atoms with van der Waals surface area (Å²) in [5, 5.41) is 11.4. The maximum Gasteiger partial charge on any atom is 0.293 e. The number of para-hydroxylation sites is 1. The van der Waals surface area contributed by atoms with Crippen LogP contribution in [-0.4, -0.2) is 27.3 Å². The van der Waals surface area contributed by atoms with Crippen molar-refractivity contribution in [2.45, 2.75) is 11.8 Å². The highest BCUT2D eigenvalue weighted by molar-refractivity contribution is 7.07. The molecule has 8 nitrogen and oxygen atoms in total. The molecule has 2 unspecified atom stereocenters. The number of thiazole rings is 1. The summed E-state index contributed by atoms with van der Waals surface area (Å²) in [6, 6.07) is 35.8. The fraction of sp³-hybridized carbons (Fsp3) is 0.108. The number of hydrogen-bond acceptors (Lipinski definition) is 6. The van der Waals surface area contributed by atoms with Gasteiger partial charge < -0.3 is 0 Å². The molecule has 3 aliphatic carbocycles. The molecule has 2 atom stereocenters. The molecule has 46 heavy (non-hydrogen) atoms. The predicted molar refractivity (Wildman–Crippen MR) is 172 cm³/mol. The number of carbonyl (C=O) groups is 3. The summed E-state index contributed by atoms with van der Waals surface area (Å²) in [6.07, 6.45) is 1.70. The third kappa shape index (κ3) is 4.04. The number of imide groups is 1. The van der Waals surface area contributed by atoms with Gasteiger partial charge in [0.2, 0.25) is 5.91 Å². The standard InChI is InChI=1S/C37H24N4O4S/c38-20-27(36-40(22-13-5-2-6-14-22)28(37(45)46-36)19-21-11-3-1-4-12-21)34(43)41-35(44)32-30-25-17-9-7-15-23(25)29(31(32)33(42)39-41)24-16-8-10-18-26(24)30/h1-19,29-32H,(H,39,42)/b28-19+,36-27+. The zero-order valence-corrected chi connectivity index (χ0v) is 25.0. The molecule has 3 amide bonds. The first-order valence-corrected chi connectivity index (χ1v) is 15.6. The highest BCUT2D eigenvalue weighted by Gasteiger charge is 2.59. The minimum atomic E-state index is -0.987. The average molecular weight is 621 g/mol. The summed E-state index contributed by atoms with van der Waals surface area (Å²) in [7, 11) is 0. The summed E-state index contributed by atoms with van der Waals surface area (Å²) in [6.45, 7) is 0. The molecule has 5 aromatic rings. The lowest BCUT2D eigenvalue weighted by Gasteiger charge is -2.52. The van der Waals surface area contributed by atoms with Crippen LogP contribution in [0, 0.1) is 23.2 Å². The number of hydrogen-bond donors (Lipinski definition) is 1. The van der Waals surface area contributed by atoms with Gasteiger partial charge in [-0.2, -0.15) is 10.3 Å². The second-order valence-electron chi connectivity index (χ2n) is 11.5. The second-order valence-corrected chi connectivity index (χ2v) is 12.5. The van der Waals surface area contributed by atoms with Crippen molar-refractivity contribution in [2.24, 2.45) is 11.8 Å². The molecule has 1 N–H and O–H groups in total. The van der Waals surface area contributed by atoms with Gasteiger partial charge in [-0.3, -0.25) is 29.2 Å². The van der Waals surface area contributed by atoms with Crippen LogP contribution in [0.15, 0.2) is 114 Å². The Balaban J connectivity index is 1.29. The van der Waals surface area contributed by atoms with Crippen LogP contribution in [0.1, 0.15) is 39.7 Å². The molecule has 2 bridgehead atoms. The molecular weight excluding hydrogens is 596 g/mol. The van der Waals surface area contributed by atoms with E-state index in [0.29, 0.717) is 10.7 Å². The van der Waals surface area contributed by atoms with Crippen LogP contribution in [0.3, 0.4) is 0 Å². The van der Waals surface area contributed by atoms with Crippen molar-refractivity contribution in [1.82, 2.24) is 15.0 Å². The predicted octanol–water partition coefficient (Wildman–Crippen LogP) is 3.33. The molecule has 1 aromatic heterocycles. The number of carbonyl (C=O) groups excluding carboxylic acids is 3. The van der Waals surface area contributed by atoms with Gasteiger partial charge in [-0.15, -0.1) is 0 Å². The van der Waals surface area contributed by atoms with Crippen molar-refractivity contribution < 1.29 is 14.4 Å². The molecule has 9 heteroatoms. The van der Waals surface area contributed by atoms with Gasteiger partial charge in [0.25, 0.3) is 16.6 Å². The number of nitrogens with one attached hydrogen (secondary N) is 1. The Bertz CT molecular complexity index is 2270. The van der Waals surface area contributed by atoms with Crippen LogP contribution in [0.2, 0.25) is 0 Å². The van der Waals surface area contributed by atoms with E-state index < -0.39 is 41.0 Å². The van der Waals surface area contributed by atoms with Crippen LogP contribution >= 0.6 is 11.3 Å². The van der Waals surface area contributed by atoms with Crippen LogP contribution in [-0.2, 0) is 14.4 Å². The van der Waals surface area contributed by atoms with Crippen LogP contribution < -0.4 is 20.2 Å². The molecule has 1 saturated heterocycles. The Hall–Kier alpha value is -5.85. The molecule has 1 aliphatic heterocycles. The number of hydrazine groups is 1. The van der Waals surface area contributed by atoms with Gasteiger partial charge in [-0.1, -0.05) is 108 Å². The van der Waals surface area contributed by atoms with Crippen molar-refractivity contribution in [2.75, 3.05) is 0 Å². The first-order valence-electron chi connectivity index (χ1n) is 14.8. The first kappa shape index (κ1) is 27.7. The van der Waals surface area contributed by atoms with E-state index in [9.17, 15) is 24.4 Å². The molecular formula is C37H24N4O4S. The van der Waals surface area contributed by atoms with E-state index in [4.69, 9.17) is 0 Å². The van der Waals surface area contributed by atoms with Crippen molar-refractivity contribution in [3.8, 4) is 11.8 Å². The second kappa shape index (κ2) is 10.6. The van der Waals surface area contributed by atoms with Crippen LogP contribution in [0.4, 0.5) is 0 Å². The lowest BCUT2D eigenvalue weighted by Crippen LogP contribution is -2.65. The lowest BCUT2D eigenvalue weighted by molar-refractivity contribution is -0.164. The van der Waals surface area contributed by atoms with Crippen LogP contribution in [0.25, 0.3) is 17.3 Å². The summed E-state index contributed by atoms with van der Waals surface area (Å²) in [5.74, 6) is -4.36. The topological polar surface area (TPSA) is 112 Å². The fourth-order valence-electron chi connectivity index (χ4n) is 7.34. The van der Waals surface area contributed by atoms with Gasteiger partial charge in [0.05, 0.1) is 11.8 Å². The van der Waals surface area contributed by atoms with E-state index in [2.05, 4.69) is 5.43 Å². The number of amides is 3. The van der Waals surface area contributed by atoms with E-state index in [1.807, 2.05) is 91.0 Å². The number of aromatic nitrogens is 1. The number of nitriles is 1. The molecule has 0 saturated carbocycles. The van der Waals surface area contributed by atoms with Gasteiger partial charge in [-0.05, 0) is 46.0 Å². The van der Waals surface area contributed by atoms with Crippen molar-refractivity contribution in [3.05, 3.63) is 157 Å². The minimum absolute atomic E-state index is 0.0657. The maximum absolute atomic E-state index is 14.4. The highest BCUT2D eigenvalue weighted by atomic mass is 32.1. The fourth-order valence-corrected chi connectivity index (χ4v) is 8.30. The van der Waals surface area contributed by atoms with E-state index in [-0.39, 0.29) is 20.7 Å². The Morgan fingerprint density at radius 3 is 1.83 bits per heavy atom. The van der Waals surface area contributed by atoms with Gasteiger partial charge in [-0.25, -0.2) is 0 Å². The summed E-state index contributed by atoms with van der Waals surface area (Å²) < 4.78 is 1.26. The smallest absolute Gasteiger partial charge is 0.293 e. The van der Waals surface area contributed by atoms with Crippen molar-refractivity contribution >= 4 is 40.7 Å². The highest BCUT2D eigenvalue weighted by Crippen LogP contribution is 2.59. The zero-order chi connectivity index (χ0) is 31.5. The van der Waals surface area contributed by atoms with Crippen molar-refractivity contribution in [1.29, 1.82) is 5.26 Å². The van der Waals surface area contributed by atoms with E-state index in [0.717, 1.165) is 39.2 Å². The third-order valence-electron chi connectivity index (χ3n) is 9.17. The van der Waals surface area contributed by atoms with Crippen molar-refractivity contribution in [3.63, 3.8) is 0 Å². The SMILES string of the molecule is N#C/C(C(=O)N1NC(=O)C2C3c4ccccc4C(c4ccccc43)C2C1=O)=c1\sc(=O)/c(=C\c2ccccc2)n1-c1ccccc1. The van der Waals surface area contributed by atoms with Gasteiger partial charge in [0.15, 0.2) is 5.57 Å². The third-order valence-corrected chi connectivity index (χ3v) is 10.1. The molecule has 222 valence electrons. The van der Waals surface area contributed by atoms with E-state index in [1.165, 1.54) is 0 Å². The van der Waals surface area contributed by atoms with E-state index >= 15 is 0 Å². The number of rotatable bonds is 3. The monoisotopic (exact) mass is 620 g/mol. The van der Waals surface area contributed by atoms with Gasteiger partial charge >= 0.3 is 0 Å². The summed E-state index contributed by atoms with van der Waals surface area (Å²) >= 11 is 0.744. The Morgan fingerprint density at radius 2 is 1.26 bits per heavy atom. The molecule has 2 heterocycles. The van der Waals surface area contributed by atoms with Crippen LogP contribution in [0.5, 0.6) is 0 Å². The first-order chi connectivity index (χ1) is 22.5. The lowest BCUT2D eigenvalue weighted by atomic mass is 9.53. The van der Waals surface area contributed by atoms with Gasteiger partial charge in [0, 0.05) is 17.5 Å². The average Bonchev–Trinajstić information content (AvgIpc) is 3.41. The summed E-state index contributed by atoms with van der Waals surface area (Å²) in [4.78, 5) is 56.0. The Labute approximate surface area is 266 Å². The minimum Gasteiger partial charge on any atom is -0.296 e. The molecule has 4 aromatic carbocycles. The van der Waals surface area contributed by atoms with E-state index in [1.54, 1.807) is 34.9 Å². The Morgan fingerprint density at radius 1 is 0.739 bits per heavy atom. The normalized spacial score (nSPS) is 21.9. The molecule has 9 rings (SSSR count). The number of benzene rings is 4. The zero-order valence-electron chi connectivity index (χ0n) is 24.2. The number of nitrogens with zero attached hydrogens (tertiary/aromatic N) is 3.